The minimum absolute atomic E-state index is 0. The van der Waals surface area contributed by atoms with Crippen LogP contribution in [0.5, 0.6) is 0 Å². The van der Waals surface area contributed by atoms with Crippen LogP contribution in [0.15, 0.2) is 0 Å². The predicted octanol–water partition coefficient (Wildman–Crippen LogP) is -0.126. The number of aliphatic hydroxyl groups is 1. The Labute approximate surface area is 78.8 Å². The van der Waals surface area contributed by atoms with Gasteiger partial charge in [-0.15, -0.1) is 0 Å². The second-order valence-corrected chi connectivity index (χ2v) is 1.03. The minimum atomic E-state index is -0.546. The third-order valence-electron chi connectivity index (χ3n) is 0.493. The first kappa shape index (κ1) is 12.1. The van der Waals surface area contributed by atoms with Crippen LogP contribution < -0.4 is 5.32 Å². The smallest absolute Gasteiger partial charge is 0.404 e. The van der Waals surface area contributed by atoms with Gasteiger partial charge >= 0.3 is 6.09 Å². The SMILES string of the molecule is CNC(=O)OC[CH-]O.[Y]. The molecule has 0 rings (SSSR count). The fraction of sp³-hybridized carbons (Fsp3) is 0.500. The first-order chi connectivity index (χ1) is 3.81. The van der Waals surface area contributed by atoms with Crippen molar-refractivity contribution in [3.63, 3.8) is 0 Å². The van der Waals surface area contributed by atoms with Crippen LogP contribution in [0.3, 0.4) is 0 Å². The van der Waals surface area contributed by atoms with Gasteiger partial charge < -0.3 is 15.2 Å². The maximum absolute atomic E-state index is 10.1. The van der Waals surface area contributed by atoms with Gasteiger partial charge in [-0.2, -0.15) is 6.61 Å². The maximum atomic E-state index is 10.1. The number of rotatable bonds is 2. The number of ether oxygens (including phenoxy) is 1. The average Bonchev–Trinajstić information content (AvgIpc) is 1.83. The number of alkyl carbamates (subject to hydrolysis) is 1. The zero-order chi connectivity index (χ0) is 6.41. The van der Waals surface area contributed by atoms with Crippen LogP contribution in [0.1, 0.15) is 0 Å². The molecule has 0 aromatic heterocycles. The van der Waals surface area contributed by atoms with Gasteiger partial charge in [-0.1, -0.05) is 0 Å². The van der Waals surface area contributed by atoms with Crippen molar-refractivity contribution in [2.24, 2.45) is 0 Å². The summed E-state index contributed by atoms with van der Waals surface area (Å²) in [7, 11) is 1.44. The van der Waals surface area contributed by atoms with Gasteiger partial charge in [-0.3, -0.25) is 0 Å². The molecule has 0 spiro atoms. The van der Waals surface area contributed by atoms with E-state index in [4.69, 9.17) is 5.11 Å². The summed E-state index contributed by atoms with van der Waals surface area (Å²) in [5, 5.41) is 10.2. The molecule has 0 aliphatic carbocycles. The first-order valence-electron chi connectivity index (χ1n) is 2.11. The molecule has 1 amide bonds. The molecule has 4 nitrogen and oxygen atoms in total. The Morgan fingerprint density at radius 3 is 2.78 bits per heavy atom. The van der Waals surface area contributed by atoms with E-state index >= 15 is 0 Å². The molecule has 2 N–H and O–H groups in total. The van der Waals surface area contributed by atoms with E-state index in [0.717, 1.165) is 6.61 Å². The largest absolute Gasteiger partial charge is 0.563 e. The van der Waals surface area contributed by atoms with Crippen molar-refractivity contribution in [2.75, 3.05) is 13.7 Å². The van der Waals surface area contributed by atoms with Gasteiger partial charge in [0.1, 0.15) is 0 Å². The summed E-state index contributed by atoms with van der Waals surface area (Å²) >= 11 is 0. The van der Waals surface area contributed by atoms with E-state index in [-0.39, 0.29) is 39.3 Å². The van der Waals surface area contributed by atoms with Crippen LogP contribution in [-0.4, -0.2) is 24.9 Å². The van der Waals surface area contributed by atoms with Gasteiger partial charge in [0, 0.05) is 39.8 Å². The molecule has 0 aliphatic heterocycles. The number of hydrogen-bond acceptors (Lipinski definition) is 3. The van der Waals surface area contributed by atoms with Crippen LogP contribution in [0.25, 0.3) is 0 Å². The monoisotopic (exact) mass is 207 g/mol. The van der Waals surface area contributed by atoms with Gasteiger partial charge in [0.25, 0.3) is 0 Å². The summed E-state index contributed by atoms with van der Waals surface area (Å²) in [6.45, 7) is 0.689. The standard InChI is InChI=1S/C4H8NO3.Y/c1-5-4(7)8-3-2-6;/h2,6H,3H2,1H3,(H,5,7);/q-1;. The first-order valence-corrected chi connectivity index (χ1v) is 2.11. The van der Waals surface area contributed by atoms with E-state index < -0.39 is 6.09 Å². The van der Waals surface area contributed by atoms with E-state index in [1.807, 2.05) is 0 Å². The van der Waals surface area contributed by atoms with E-state index in [2.05, 4.69) is 10.1 Å². The van der Waals surface area contributed by atoms with Gasteiger partial charge in [0.2, 0.25) is 0 Å². The molecule has 0 unspecified atom stereocenters. The summed E-state index contributed by atoms with van der Waals surface area (Å²) in [4.78, 5) is 10.1. The van der Waals surface area contributed by atoms with Crippen LogP contribution in [0, 0.1) is 6.61 Å². The summed E-state index contributed by atoms with van der Waals surface area (Å²) in [5.74, 6) is 0. The van der Waals surface area contributed by atoms with E-state index in [9.17, 15) is 4.79 Å². The fourth-order valence-corrected chi connectivity index (χ4v) is 0.185. The quantitative estimate of drug-likeness (QED) is 0.620. The molecule has 51 valence electrons. The van der Waals surface area contributed by atoms with E-state index in [0.29, 0.717) is 0 Å². The maximum Gasteiger partial charge on any atom is 0.404 e. The minimum Gasteiger partial charge on any atom is -0.563 e. The normalized spacial score (nSPS) is 7.33. The summed E-state index contributed by atoms with van der Waals surface area (Å²) in [6.07, 6.45) is -0.546. The molecule has 0 bridgehead atoms. The number of nitrogens with one attached hydrogen (secondary N) is 1. The second-order valence-electron chi connectivity index (χ2n) is 1.03. The van der Waals surface area contributed by atoms with Crippen LogP contribution in [0.4, 0.5) is 4.79 Å². The number of carbonyl (C=O) groups excluding carboxylic acids is 1. The molecule has 0 aromatic carbocycles. The van der Waals surface area contributed by atoms with Crippen molar-refractivity contribution < 1.29 is 47.3 Å². The Morgan fingerprint density at radius 1 is 1.89 bits per heavy atom. The number of aliphatic hydroxyl groups excluding tert-OH is 1. The Hall–Kier alpha value is 0.334. The Bertz CT molecular complexity index is 78.2. The van der Waals surface area contributed by atoms with Crippen molar-refractivity contribution in [3.05, 3.63) is 6.61 Å². The van der Waals surface area contributed by atoms with Crippen molar-refractivity contribution in [3.8, 4) is 0 Å². The predicted molar refractivity (Wildman–Crippen MR) is 26.6 cm³/mol. The average molecular weight is 207 g/mol. The van der Waals surface area contributed by atoms with Crippen molar-refractivity contribution in [1.29, 1.82) is 0 Å². The molecule has 0 atom stereocenters. The molecule has 9 heavy (non-hydrogen) atoms. The van der Waals surface area contributed by atoms with Gasteiger partial charge in [-0.05, 0) is 6.61 Å². The fourth-order valence-electron chi connectivity index (χ4n) is 0.185. The molecule has 0 saturated carbocycles. The summed E-state index contributed by atoms with van der Waals surface area (Å²) in [5.41, 5.74) is 0. The molecule has 0 aromatic rings. The van der Waals surface area contributed by atoms with Crippen LogP contribution in [-0.2, 0) is 37.4 Å². The number of carbonyl (C=O) groups is 1. The summed E-state index contributed by atoms with van der Waals surface area (Å²) < 4.78 is 4.28. The Kier molecular flexibility index (Phi) is 11.2. The molecular weight excluding hydrogens is 199 g/mol. The van der Waals surface area contributed by atoms with E-state index in [1.54, 1.807) is 0 Å². The topological polar surface area (TPSA) is 58.6 Å². The third-order valence-corrected chi connectivity index (χ3v) is 0.493. The van der Waals surface area contributed by atoms with Crippen molar-refractivity contribution >= 4 is 6.09 Å². The molecule has 5 heteroatoms. The third kappa shape index (κ3) is 8.33. The number of amides is 1. The van der Waals surface area contributed by atoms with Gasteiger partial charge in [0.15, 0.2) is 0 Å². The van der Waals surface area contributed by atoms with Crippen LogP contribution in [0.2, 0.25) is 0 Å². The van der Waals surface area contributed by atoms with Crippen molar-refractivity contribution in [1.82, 2.24) is 5.32 Å². The summed E-state index contributed by atoms with van der Waals surface area (Å²) in [6, 6.07) is 0. The zero-order valence-electron chi connectivity index (χ0n) is 5.13. The van der Waals surface area contributed by atoms with Gasteiger partial charge in [0.05, 0.1) is 0 Å². The zero-order valence-corrected chi connectivity index (χ0v) is 7.96. The molecule has 0 aliphatic rings. The van der Waals surface area contributed by atoms with E-state index in [1.165, 1.54) is 7.05 Å². The Morgan fingerprint density at radius 2 is 2.44 bits per heavy atom. The second kappa shape index (κ2) is 8.33. The molecule has 0 fully saturated rings. The van der Waals surface area contributed by atoms with Crippen molar-refractivity contribution in [2.45, 2.75) is 0 Å². The number of hydrogen-bond donors (Lipinski definition) is 2. The van der Waals surface area contributed by atoms with Gasteiger partial charge in [-0.25, -0.2) is 4.79 Å². The molecule has 0 heterocycles. The molecular formula is C4H8NO3Y-. The Balaban J connectivity index is 0. The molecule has 0 saturated heterocycles. The molecule has 1 radical (unpaired) electrons. The van der Waals surface area contributed by atoms with Crippen LogP contribution >= 0.6 is 0 Å².